The van der Waals surface area contributed by atoms with Gasteiger partial charge in [0.25, 0.3) is 10.0 Å². The van der Waals surface area contributed by atoms with E-state index in [-0.39, 0.29) is 29.4 Å². The van der Waals surface area contributed by atoms with Crippen LogP contribution >= 0.6 is 0 Å². The topological polar surface area (TPSA) is 57.7 Å². The van der Waals surface area contributed by atoms with E-state index in [9.17, 15) is 13.2 Å². The third-order valence-electron chi connectivity index (χ3n) is 5.41. The Kier molecular flexibility index (Phi) is 6.08. The van der Waals surface area contributed by atoms with Gasteiger partial charge in [0.05, 0.1) is 10.6 Å². The van der Waals surface area contributed by atoms with Crippen LogP contribution in [0.4, 0.5) is 5.69 Å². The molecule has 0 bridgehead atoms. The van der Waals surface area contributed by atoms with Gasteiger partial charge in [0.1, 0.15) is 6.54 Å². The number of hydrogen-bond acceptors (Lipinski definition) is 3. The quantitative estimate of drug-likeness (QED) is 0.763. The van der Waals surface area contributed by atoms with Crippen molar-refractivity contribution in [1.29, 1.82) is 0 Å². The summed E-state index contributed by atoms with van der Waals surface area (Å²) in [6.07, 6.45) is 2.99. The van der Waals surface area contributed by atoms with Gasteiger partial charge >= 0.3 is 0 Å². The Bertz CT molecular complexity index is 901. The summed E-state index contributed by atoms with van der Waals surface area (Å²) in [6, 6.07) is 15.8. The number of likely N-dealkylation sites (tertiary alicyclic amines) is 1. The van der Waals surface area contributed by atoms with E-state index < -0.39 is 10.0 Å². The first-order valence-electron chi connectivity index (χ1n) is 9.76. The van der Waals surface area contributed by atoms with Crippen LogP contribution in [0.3, 0.4) is 0 Å². The van der Waals surface area contributed by atoms with Gasteiger partial charge in [-0.1, -0.05) is 35.9 Å². The fraction of sp³-hybridized carbons (Fsp3) is 0.409. The van der Waals surface area contributed by atoms with Crippen molar-refractivity contribution in [2.45, 2.75) is 57.0 Å². The van der Waals surface area contributed by atoms with E-state index in [0.29, 0.717) is 5.69 Å². The Morgan fingerprint density at radius 2 is 1.57 bits per heavy atom. The highest BCUT2D eigenvalue weighted by Crippen LogP contribution is 2.27. The molecule has 1 saturated heterocycles. The minimum absolute atomic E-state index is 0.121. The molecule has 1 aliphatic heterocycles. The van der Waals surface area contributed by atoms with Crippen LogP contribution in [-0.2, 0) is 14.8 Å². The lowest BCUT2D eigenvalue weighted by molar-refractivity contribution is -0.135. The molecule has 1 aliphatic rings. The lowest BCUT2D eigenvalue weighted by Crippen LogP contribution is -2.52. The summed E-state index contributed by atoms with van der Waals surface area (Å²) in [6.45, 7) is 5.78. The molecule has 150 valence electrons. The highest BCUT2D eigenvalue weighted by molar-refractivity contribution is 7.92. The van der Waals surface area contributed by atoms with Gasteiger partial charge in [0.15, 0.2) is 0 Å². The maximum atomic E-state index is 13.4. The van der Waals surface area contributed by atoms with Gasteiger partial charge in [0.2, 0.25) is 5.91 Å². The first-order chi connectivity index (χ1) is 13.3. The lowest BCUT2D eigenvalue weighted by atomic mass is 9.97. The molecular formula is C22H28N2O3S. The summed E-state index contributed by atoms with van der Waals surface area (Å²) in [5.41, 5.74) is 1.48. The molecule has 2 aromatic carbocycles. The van der Waals surface area contributed by atoms with Crippen molar-refractivity contribution in [3.05, 3.63) is 60.2 Å². The van der Waals surface area contributed by atoms with E-state index in [1.807, 2.05) is 31.7 Å². The molecule has 1 amide bonds. The number of carbonyl (C=O) groups is 1. The molecule has 2 atom stereocenters. The molecule has 1 fully saturated rings. The van der Waals surface area contributed by atoms with E-state index in [1.165, 1.54) is 4.31 Å². The maximum absolute atomic E-state index is 13.4. The molecule has 28 heavy (non-hydrogen) atoms. The monoisotopic (exact) mass is 400 g/mol. The van der Waals surface area contributed by atoms with Gasteiger partial charge in [-0.2, -0.15) is 0 Å². The summed E-state index contributed by atoms with van der Waals surface area (Å²) in [5, 5.41) is 0. The average molecular weight is 401 g/mol. The normalized spacial score (nSPS) is 20.0. The zero-order valence-corrected chi connectivity index (χ0v) is 17.5. The zero-order chi connectivity index (χ0) is 20.3. The largest absolute Gasteiger partial charge is 0.336 e. The molecular weight excluding hydrogens is 372 g/mol. The SMILES string of the molecule is Cc1ccc(S(=O)(=O)N(CC(=O)N2C(C)CCCC2C)c2ccccc2)cc1. The van der Waals surface area contributed by atoms with Crippen LogP contribution in [0.2, 0.25) is 0 Å². The number of aryl methyl sites for hydroxylation is 1. The molecule has 2 aromatic rings. The molecule has 0 saturated carbocycles. The van der Waals surface area contributed by atoms with Gasteiger partial charge in [-0.3, -0.25) is 9.10 Å². The molecule has 0 aliphatic carbocycles. The van der Waals surface area contributed by atoms with Crippen LogP contribution in [0.1, 0.15) is 38.7 Å². The number of amides is 1. The lowest BCUT2D eigenvalue weighted by Gasteiger charge is -2.40. The van der Waals surface area contributed by atoms with E-state index in [1.54, 1.807) is 48.5 Å². The van der Waals surface area contributed by atoms with E-state index >= 15 is 0 Å². The summed E-state index contributed by atoms with van der Waals surface area (Å²) in [5.74, 6) is -0.153. The molecule has 1 heterocycles. The van der Waals surface area contributed by atoms with E-state index in [0.717, 1.165) is 24.8 Å². The van der Waals surface area contributed by atoms with Crippen LogP contribution in [0, 0.1) is 6.92 Å². The Hall–Kier alpha value is -2.34. The van der Waals surface area contributed by atoms with Crippen LogP contribution < -0.4 is 4.31 Å². The number of piperidine rings is 1. The molecule has 0 N–H and O–H groups in total. The minimum atomic E-state index is -3.85. The predicted octanol–water partition coefficient (Wildman–Crippen LogP) is 3.98. The summed E-state index contributed by atoms with van der Waals surface area (Å²) in [4.78, 5) is 15.2. The van der Waals surface area contributed by atoms with Gasteiger partial charge in [0, 0.05) is 12.1 Å². The Labute approximate surface area is 168 Å². The molecule has 6 heteroatoms. The first-order valence-corrected chi connectivity index (χ1v) is 11.2. The fourth-order valence-electron chi connectivity index (χ4n) is 3.86. The molecule has 2 unspecified atom stereocenters. The number of rotatable bonds is 5. The zero-order valence-electron chi connectivity index (χ0n) is 16.7. The number of sulfonamides is 1. The van der Waals surface area contributed by atoms with Gasteiger partial charge in [-0.05, 0) is 64.3 Å². The van der Waals surface area contributed by atoms with Crippen LogP contribution in [0.5, 0.6) is 0 Å². The van der Waals surface area contributed by atoms with Crippen molar-refractivity contribution >= 4 is 21.6 Å². The van der Waals surface area contributed by atoms with Crippen molar-refractivity contribution in [1.82, 2.24) is 4.90 Å². The van der Waals surface area contributed by atoms with E-state index in [2.05, 4.69) is 0 Å². The third-order valence-corrected chi connectivity index (χ3v) is 7.20. The number of hydrogen-bond donors (Lipinski definition) is 0. The smallest absolute Gasteiger partial charge is 0.264 e. The molecule has 0 spiro atoms. The summed E-state index contributed by atoms with van der Waals surface area (Å²) >= 11 is 0. The predicted molar refractivity (Wildman–Crippen MR) is 112 cm³/mol. The second-order valence-electron chi connectivity index (χ2n) is 7.59. The first kappa shape index (κ1) is 20.4. The minimum Gasteiger partial charge on any atom is -0.336 e. The molecule has 5 nitrogen and oxygen atoms in total. The molecule has 3 rings (SSSR count). The highest BCUT2D eigenvalue weighted by atomic mass is 32.2. The Balaban J connectivity index is 1.96. The van der Waals surface area contributed by atoms with Crippen molar-refractivity contribution in [2.75, 3.05) is 10.8 Å². The van der Waals surface area contributed by atoms with Gasteiger partial charge < -0.3 is 4.90 Å². The average Bonchev–Trinajstić information content (AvgIpc) is 2.67. The van der Waals surface area contributed by atoms with Crippen molar-refractivity contribution in [2.24, 2.45) is 0 Å². The number of nitrogens with zero attached hydrogens (tertiary/aromatic N) is 2. The second kappa shape index (κ2) is 8.35. The maximum Gasteiger partial charge on any atom is 0.264 e. The van der Waals surface area contributed by atoms with Crippen molar-refractivity contribution in [3.63, 3.8) is 0 Å². The number of carbonyl (C=O) groups excluding carboxylic acids is 1. The number of anilines is 1. The van der Waals surface area contributed by atoms with Crippen molar-refractivity contribution < 1.29 is 13.2 Å². The summed E-state index contributed by atoms with van der Waals surface area (Å²) < 4.78 is 28.0. The Morgan fingerprint density at radius 3 is 2.14 bits per heavy atom. The number of para-hydroxylation sites is 1. The number of benzene rings is 2. The van der Waals surface area contributed by atoms with Crippen molar-refractivity contribution in [3.8, 4) is 0 Å². The van der Waals surface area contributed by atoms with Gasteiger partial charge in [-0.25, -0.2) is 8.42 Å². The molecule has 0 aromatic heterocycles. The van der Waals surface area contributed by atoms with E-state index in [4.69, 9.17) is 0 Å². The Morgan fingerprint density at radius 1 is 1.00 bits per heavy atom. The van der Waals surface area contributed by atoms with Crippen LogP contribution in [0.25, 0.3) is 0 Å². The van der Waals surface area contributed by atoms with Crippen LogP contribution in [0.15, 0.2) is 59.5 Å². The third kappa shape index (κ3) is 4.22. The second-order valence-corrected chi connectivity index (χ2v) is 9.45. The van der Waals surface area contributed by atoms with Crippen LogP contribution in [-0.4, -0.2) is 37.9 Å². The standard InChI is InChI=1S/C22H28N2O3S/c1-17-12-14-21(15-13-17)28(26,27)23(20-10-5-4-6-11-20)16-22(25)24-18(2)8-7-9-19(24)3/h4-6,10-15,18-19H,7-9,16H2,1-3H3. The molecule has 0 radical (unpaired) electrons. The fourth-order valence-corrected chi connectivity index (χ4v) is 5.28. The highest BCUT2D eigenvalue weighted by Gasteiger charge is 2.33. The van der Waals surface area contributed by atoms with Gasteiger partial charge in [-0.15, -0.1) is 0 Å². The summed E-state index contributed by atoms with van der Waals surface area (Å²) in [7, 11) is -3.85.